The van der Waals surface area contributed by atoms with Gasteiger partial charge in [0, 0.05) is 31.2 Å². The number of rotatable bonds is 5. The Morgan fingerprint density at radius 2 is 1.92 bits per heavy atom. The highest BCUT2D eigenvalue weighted by Gasteiger charge is 2.18. The number of benzene rings is 2. The maximum Gasteiger partial charge on any atom is 0.269 e. The van der Waals surface area contributed by atoms with Gasteiger partial charge in [-0.25, -0.2) is 0 Å². The molecular weight excluding hydrogens is 320 g/mol. The van der Waals surface area contributed by atoms with E-state index in [2.05, 4.69) is 17.4 Å². The lowest BCUT2D eigenvalue weighted by Crippen LogP contribution is -2.36. The van der Waals surface area contributed by atoms with Crippen molar-refractivity contribution in [2.75, 3.05) is 6.54 Å². The minimum Gasteiger partial charge on any atom is -0.371 e. The van der Waals surface area contributed by atoms with E-state index in [9.17, 15) is 14.9 Å². The van der Waals surface area contributed by atoms with Gasteiger partial charge in [-0.3, -0.25) is 14.9 Å². The lowest BCUT2D eigenvalue weighted by atomic mass is 9.99. The molecule has 1 amide bonds. The first-order chi connectivity index (χ1) is 12.1. The Morgan fingerprint density at radius 1 is 1.20 bits per heavy atom. The average Bonchev–Trinajstić information content (AvgIpc) is 2.65. The second-order valence-electron chi connectivity index (χ2n) is 5.83. The second kappa shape index (κ2) is 7.72. The van der Waals surface area contributed by atoms with Crippen molar-refractivity contribution >= 4 is 17.7 Å². The number of carbonyl (C=O) groups is 1. The third kappa shape index (κ3) is 4.51. The topological polar surface area (TPSA) is 81.5 Å². The first-order valence-electron chi connectivity index (χ1n) is 8.00. The van der Waals surface area contributed by atoms with E-state index in [0.29, 0.717) is 13.2 Å². The van der Waals surface area contributed by atoms with Crippen LogP contribution in [0.5, 0.6) is 0 Å². The molecule has 0 radical (unpaired) electrons. The number of non-ortho nitro benzene ring substituents is 1. The average molecular weight is 338 g/mol. The summed E-state index contributed by atoms with van der Waals surface area (Å²) in [7, 11) is 0. The molecule has 1 unspecified atom stereocenters. The molecule has 1 N–H and O–H groups in total. The van der Waals surface area contributed by atoms with Crippen LogP contribution in [0.4, 0.5) is 5.69 Å². The Kier molecular flexibility index (Phi) is 5.20. The third-order valence-corrected chi connectivity index (χ3v) is 4.08. The summed E-state index contributed by atoms with van der Waals surface area (Å²) in [5.41, 5.74) is 3.21. The van der Waals surface area contributed by atoms with E-state index >= 15 is 0 Å². The third-order valence-electron chi connectivity index (χ3n) is 4.08. The van der Waals surface area contributed by atoms with Gasteiger partial charge in [0.1, 0.15) is 0 Å². The van der Waals surface area contributed by atoms with Crippen molar-refractivity contribution in [2.24, 2.45) is 0 Å². The number of amides is 1. The number of ether oxygens (including phenoxy) is 1. The Balaban J connectivity index is 1.49. The number of hydrogen-bond donors (Lipinski definition) is 1. The van der Waals surface area contributed by atoms with Crippen LogP contribution in [0, 0.1) is 10.1 Å². The maximum atomic E-state index is 11.9. The van der Waals surface area contributed by atoms with E-state index in [1.165, 1.54) is 29.3 Å². The molecule has 2 aromatic rings. The summed E-state index contributed by atoms with van der Waals surface area (Å²) in [5, 5.41) is 13.4. The lowest BCUT2D eigenvalue weighted by molar-refractivity contribution is -0.384. The van der Waals surface area contributed by atoms with Crippen LogP contribution >= 0.6 is 0 Å². The molecule has 128 valence electrons. The minimum atomic E-state index is -0.456. The number of nitrogens with one attached hydrogen (secondary N) is 1. The predicted octanol–water partition coefficient (Wildman–Crippen LogP) is 2.87. The van der Waals surface area contributed by atoms with Crippen molar-refractivity contribution in [1.82, 2.24) is 5.32 Å². The van der Waals surface area contributed by atoms with E-state index in [1.54, 1.807) is 18.2 Å². The normalized spacial score (nSPS) is 16.4. The predicted molar refractivity (Wildman–Crippen MR) is 93.9 cm³/mol. The van der Waals surface area contributed by atoms with Gasteiger partial charge in [-0.05, 0) is 34.9 Å². The zero-order chi connectivity index (χ0) is 17.6. The van der Waals surface area contributed by atoms with Crippen LogP contribution in [0.15, 0.2) is 54.6 Å². The maximum absolute atomic E-state index is 11.9. The van der Waals surface area contributed by atoms with Gasteiger partial charge >= 0.3 is 0 Å². The molecule has 0 bridgehead atoms. The lowest BCUT2D eigenvalue weighted by Gasteiger charge is -2.25. The van der Waals surface area contributed by atoms with Crippen LogP contribution in [0.25, 0.3) is 6.08 Å². The fraction of sp³-hybridized carbons (Fsp3) is 0.211. The van der Waals surface area contributed by atoms with Crippen molar-refractivity contribution < 1.29 is 14.5 Å². The van der Waals surface area contributed by atoms with Crippen LogP contribution < -0.4 is 5.32 Å². The molecule has 0 fully saturated rings. The molecule has 0 spiro atoms. The van der Waals surface area contributed by atoms with Crippen molar-refractivity contribution in [3.05, 3.63) is 81.4 Å². The highest BCUT2D eigenvalue weighted by molar-refractivity contribution is 5.91. The summed E-state index contributed by atoms with van der Waals surface area (Å²) in [6, 6.07) is 14.2. The van der Waals surface area contributed by atoms with Gasteiger partial charge in [-0.1, -0.05) is 24.3 Å². The smallest absolute Gasteiger partial charge is 0.269 e. The van der Waals surface area contributed by atoms with Gasteiger partial charge in [-0.2, -0.15) is 0 Å². The molecule has 1 heterocycles. The SMILES string of the molecule is O=C(/C=C/c1ccc([N+](=O)[O-])cc1)NCC1Cc2ccccc2CO1. The standard InChI is InChI=1S/C19H18N2O4/c22-19(10-7-14-5-8-17(9-6-14)21(23)24)20-12-18-11-15-3-1-2-4-16(15)13-25-18/h1-10,18H,11-13H2,(H,20,22)/b10-7+. The molecular formula is C19H18N2O4. The van der Waals surface area contributed by atoms with Crippen molar-refractivity contribution in [2.45, 2.75) is 19.1 Å². The molecule has 3 rings (SSSR count). The summed E-state index contributed by atoms with van der Waals surface area (Å²) < 4.78 is 5.75. The van der Waals surface area contributed by atoms with Gasteiger partial charge in [-0.15, -0.1) is 0 Å². The highest BCUT2D eigenvalue weighted by Crippen LogP contribution is 2.19. The van der Waals surface area contributed by atoms with Gasteiger partial charge in [0.25, 0.3) is 5.69 Å². The molecule has 25 heavy (non-hydrogen) atoms. The summed E-state index contributed by atoms with van der Waals surface area (Å²) in [6.45, 7) is 1.01. The first-order valence-corrected chi connectivity index (χ1v) is 8.00. The molecule has 6 nitrogen and oxygen atoms in total. The molecule has 2 aromatic carbocycles. The second-order valence-corrected chi connectivity index (χ2v) is 5.83. The summed E-state index contributed by atoms with van der Waals surface area (Å²) >= 11 is 0. The number of hydrogen-bond acceptors (Lipinski definition) is 4. The first kappa shape index (κ1) is 16.9. The number of carbonyl (C=O) groups excluding carboxylic acids is 1. The van der Waals surface area contributed by atoms with Crippen molar-refractivity contribution in [1.29, 1.82) is 0 Å². The van der Waals surface area contributed by atoms with Crippen LogP contribution in [0.2, 0.25) is 0 Å². The van der Waals surface area contributed by atoms with Gasteiger partial charge in [0.15, 0.2) is 0 Å². The molecule has 1 aliphatic rings. The van der Waals surface area contributed by atoms with Crippen molar-refractivity contribution in [3.8, 4) is 0 Å². The van der Waals surface area contributed by atoms with Crippen LogP contribution in [-0.2, 0) is 22.6 Å². The number of nitrogens with zero attached hydrogens (tertiary/aromatic N) is 1. The zero-order valence-corrected chi connectivity index (χ0v) is 13.6. The van der Waals surface area contributed by atoms with Gasteiger partial charge in [0.05, 0.1) is 17.6 Å². The molecule has 1 aliphatic heterocycles. The molecule has 0 saturated carbocycles. The Bertz CT molecular complexity index is 799. The van der Waals surface area contributed by atoms with Crippen LogP contribution in [0.1, 0.15) is 16.7 Å². The van der Waals surface area contributed by atoms with Crippen molar-refractivity contribution in [3.63, 3.8) is 0 Å². The number of nitro groups is 1. The van der Waals surface area contributed by atoms with E-state index in [1.807, 2.05) is 12.1 Å². The monoisotopic (exact) mass is 338 g/mol. The van der Waals surface area contributed by atoms with E-state index in [-0.39, 0.29) is 17.7 Å². The number of nitro benzene ring substituents is 1. The molecule has 0 saturated heterocycles. The molecule has 6 heteroatoms. The fourth-order valence-corrected chi connectivity index (χ4v) is 2.69. The van der Waals surface area contributed by atoms with E-state index < -0.39 is 4.92 Å². The van der Waals surface area contributed by atoms with Gasteiger partial charge < -0.3 is 10.1 Å². The van der Waals surface area contributed by atoms with Gasteiger partial charge in [0.2, 0.25) is 5.91 Å². The quantitative estimate of drug-likeness (QED) is 0.516. The van der Waals surface area contributed by atoms with Crippen LogP contribution in [0.3, 0.4) is 0 Å². The van der Waals surface area contributed by atoms with E-state index in [4.69, 9.17) is 4.74 Å². The van der Waals surface area contributed by atoms with E-state index in [0.717, 1.165) is 12.0 Å². The summed E-state index contributed by atoms with van der Waals surface area (Å²) in [4.78, 5) is 22.1. The molecule has 1 atom stereocenters. The Morgan fingerprint density at radius 3 is 2.64 bits per heavy atom. The highest BCUT2D eigenvalue weighted by atomic mass is 16.6. The molecule has 0 aromatic heterocycles. The zero-order valence-electron chi connectivity index (χ0n) is 13.6. The summed E-state index contributed by atoms with van der Waals surface area (Å²) in [6.07, 6.45) is 3.78. The molecule has 0 aliphatic carbocycles. The Hall–Kier alpha value is -2.99. The largest absolute Gasteiger partial charge is 0.371 e. The fourth-order valence-electron chi connectivity index (χ4n) is 2.69. The summed E-state index contributed by atoms with van der Waals surface area (Å²) in [5.74, 6) is -0.221. The minimum absolute atomic E-state index is 0.0244. The Labute approximate surface area is 145 Å². The number of fused-ring (bicyclic) bond motifs is 1. The van der Waals surface area contributed by atoms with Crippen LogP contribution in [-0.4, -0.2) is 23.5 Å².